The third-order valence-corrected chi connectivity index (χ3v) is 18.3. The Labute approximate surface area is 595 Å². The summed E-state index contributed by atoms with van der Waals surface area (Å²) < 4.78 is 68.5. The van der Waals surface area contributed by atoms with Crippen LogP contribution in [0.25, 0.3) is 0 Å². The number of allylic oxidation sites excluding steroid dienone is 14. The summed E-state index contributed by atoms with van der Waals surface area (Å²) in [4.78, 5) is 72.8. The van der Waals surface area contributed by atoms with Crippen molar-refractivity contribution in [3.63, 3.8) is 0 Å². The Balaban J connectivity index is 5.29. The molecule has 0 saturated carbocycles. The molecule has 0 amide bonds. The highest BCUT2D eigenvalue weighted by Crippen LogP contribution is 2.45. The van der Waals surface area contributed by atoms with Gasteiger partial charge in [-0.1, -0.05) is 299 Å². The molecule has 0 aromatic carbocycles. The lowest BCUT2D eigenvalue weighted by atomic mass is 10.0. The molecule has 0 fully saturated rings. The van der Waals surface area contributed by atoms with Crippen LogP contribution < -0.4 is 0 Å². The molecule has 17 nitrogen and oxygen atoms in total. The Morgan fingerprint density at radius 2 is 0.531 bits per heavy atom. The molecule has 0 aromatic heterocycles. The van der Waals surface area contributed by atoms with Crippen LogP contribution in [0.1, 0.15) is 336 Å². The second kappa shape index (κ2) is 71.6. The summed E-state index contributed by atoms with van der Waals surface area (Å²) in [5.41, 5.74) is 0. The van der Waals surface area contributed by atoms with Crippen molar-refractivity contribution < 1.29 is 80.2 Å². The van der Waals surface area contributed by atoms with E-state index in [-0.39, 0.29) is 25.7 Å². The Hall–Kier alpha value is -3.76. The first-order chi connectivity index (χ1) is 47.7. The number of carbonyl (C=O) groups excluding carboxylic acids is 4. The zero-order valence-corrected chi connectivity index (χ0v) is 63.7. The van der Waals surface area contributed by atoms with Crippen LogP contribution in [0.4, 0.5) is 0 Å². The number of rotatable bonds is 73. The fourth-order valence-corrected chi connectivity index (χ4v) is 12.1. The van der Waals surface area contributed by atoms with Crippen LogP contribution in [0.15, 0.2) is 85.1 Å². The number of aliphatic hydroxyl groups is 1. The molecule has 0 bridgehead atoms. The molecule has 0 aliphatic rings. The maximum atomic E-state index is 13.1. The second-order valence-electron chi connectivity index (χ2n) is 25.9. The molecule has 3 N–H and O–H groups in total. The first-order valence-electron chi connectivity index (χ1n) is 38.8. The van der Waals surface area contributed by atoms with Gasteiger partial charge in [0.25, 0.3) is 0 Å². The molecule has 19 heteroatoms. The summed E-state index contributed by atoms with van der Waals surface area (Å²) in [5, 5.41) is 10.6. The minimum Gasteiger partial charge on any atom is -0.462 e. The lowest BCUT2D eigenvalue weighted by molar-refractivity contribution is -0.161. The van der Waals surface area contributed by atoms with Crippen molar-refractivity contribution in [1.82, 2.24) is 0 Å². The van der Waals surface area contributed by atoms with E-state index in [2.05, 4.69) is 113 Å². The number of ether oxygens (including phenoxy) is 4. The van der Waals surface area contributed by atoms with Crippen LogP contribution in [-0.2, 0) is 65.4 Å². The smallest absolute Gasteiger partial charge is 0.462 e. The molecular weight excluding hydrogens is 1280 g/mol. The van der Waals surface area contributed by atoms with E-state index in [1.54, 1.807) is 0 Å². The highest BCUT2D eigenvalue weighted by atomic mass is 31.2. The molecule has 0 heterocycles. The molecule has 568 valence electrons. The summed E-state index contributed by atoms with van der Waals surface area (Å²) in [7, 11) is -9.94. The van der Waals surface area contributed by atoms with Gasteiger partial charge in [-0.25, -0.2) is 9.13 Å². The van der Waals surface area contributed by atoms with Crippen molar-refractivity contribution in [2.45, 2.75) is 354 Å². The van der Waals surface area contributed by atoms with Gasteiger partial charge in [0.05, 0.1) is 26.4 Å². The molecule has 0 aliphatic carbocycles. The molecule has 0 radical (unpaired) electrons. The van der Waals surface area contributed by atoms with Gasteiger partial charge in [-0.3, -0.25) is 37.3 Å². The summed E-state index contributed by atoms with van der Waals surface area (Å²) >= 11 is 0. The Morgan fingerprint density at radius 1 is 0.296 bits per heavy atom. The van der Waals surface area contributed by atoms with E-state index in [9.17, 15) is 43.2 Å². The summed E-state index contributed by atoms with van der Waals surface area (Å²) in [5.74, 6) is -2.18. The van der Waals surface area contributed by atoms with Crippen molar-refractivity contribution in [3.8, 4) is 0 Å². The number of aliphatic hydroxyl groups excluding tert-OH is 1. The fraction of sp³-hybridized carbons (Fsp3) is 0.772. The normalized spacial score (nSPS) is 14.4. The minimum absolute atomic E-state index is 0.0951. The maximum absolute atomic E-state index is 13.1. The predicted molar refractivity (Wildman–Crippen MR) is 399 cm³/mol. The van der Waals surface area contributed by atoms with Crippen LogP contribution in [0.3, 0.4) is 0 Å². The topological polar surface area (TPSA) is 237 Å². The zero-order chi connectivity index (χ0) is 71.8. The molecule has 5 unspecified atom stereocenters. The number of phosphoric acid groups is 2. The van der Waals surface area contributed by atoms with Gasteiger partial charge in [-0.15, -0.1) is 0 Å². The van der Waals surface area contributed by atoms with E-state index >= 15 is 0 Å². The van der Waals surface area contributed by atoms with Gasteiger partial charge in [-0.2, -0.15) is 0 Å². The second-order valence-corrected chi connectivity index (χ2v) is 28.8. The third kappa shape index (κ3) is 70.7. The molecule has 0 aromatic rings. The zero-order valence-electron chi connectivity index (χ0n) is 62.0. The fourth-order valence-electron chi connectivity index (χ4n) is 10.5. The maximum Gasteiger partial charge on any atom is 0.472 e. The van der Waals surface area contributed by atoms with E-state index in [0.717, 1.165) is 167 Å². The number of hydrogen-bond acceptors (Lipinski definition) is 15. The van der Waals surface area contributed by atoms with E-state index in [4.69, 9.17) is 37.0 Å². The number of hydrogen-bond donors (Lipinski definition) is 3. The van der Waals surface area contributed by atoms with Crippen LogP contribution in [-0.4, -0.2) is 96.7 Å². The van der Waals surface area contributed by atoms with Gasteiger partial charge in [0.2, 0.25) is 0 Å². The summed E-state index contributed by atoms with van der Waals surface area (Å²) in [6, 6.07) is 0. The first-order valence-corrected chi connectivity index (χ1v) is 41.8. The van der Waals surface area contributed by atoms with Crippen molar-refractivity contribution >= 4 is 39.5 Å². The monoisotopic (exact) mass is 1420 g/mol. The van der Waals surface area contributed by atoms with Crippen molar-refractivity contribution in [2.24, 2.45) is 0 Å². The predicted octanol–water partition coefficient (Wildman–Crippen LogP) is 22.2. The Kier molecular flexibility index (Phi) is 68.9. The van der Waals surface area contributed by atoms with Gasteiger partial charge in [0, 0.05) is 25.7 Å². The van der Waals surface area contributed by atoms with Crippen molar-refractivity contribution in [3.05, 3.63) is 85.1 Å². The van der Waals surface area contributed by atoms with Gasteiger partial charge in [0.1, 0.15) is 19.3 Å². The van der Waals surface area contributed by atoms with E-state index in [1.807, 2.05) is 0 Å². The average Bonchev–Trinajstić information content (AvgIpc) is 1.00. The molecular formula is C79H140O17P2. The highest BCUT2D eigenvalue weighted by molar-refractivity contribution is 7.47. The number of phosphoric ester groups is 2. The third-order valence-electron chi connectivity index (χ3n) is 16.4. The lowest BCUT2D eigenvalue weighted by Gasteiger charge is -2.21. The van der Waals surface area contributed by atoms with E-state index in [0.29, 0.717) is 25.7 Å². The van der Waals surface area contributed by atoms with E-state index in [1.165, 1.54) is 89.9 Å². The quantitative estimate of drug-likeness (QED) is 0.0169. The van der Waals surface area contributed by atoms with Gasteiger partial charge < -0.3 is 33.8 Å². The van der Waals surface area contributed by atoms with Crippen molar-refractivity contribution in [2.75, 3.05) is 39.6 Å². The molecule has 0 rings (SSSR count). The molecule has 0 spiro atoms. The molecule has 0 aliphatic heterocycles. The molecule has 5 atom stereocenters. The van der Waals surface area contributed by atoms with Gasteiger partial charge >= 0.3 is 39.5 Å². The average molecular weight is 1420 g/mol. The van der Waals surface area contributed by atoms with Gasteiger partial charge in [0.15, 0.2) is 12.2 Å². The summed E-state index contributed by atoms with van der Waals surface area (Å²) in [6.07, 6.45) is 72.8. The molecule has 0 saturated heterocycles. The largest absolute Gasteiger partial charge is 0.472 e. The first kappa shape index (κ1) is 94.2. The van der Waals surface area contributed by atoms with Crippen LogP contribution >= 0.6 is 15.6 Å². The molecule has 98 heavy (non-hydrogen) atoms. The minimum atomic E-state index is -4.97. The van der Waals surface area contributed by atoms with E-state index < -0.39 is 97.5 Å². The van der Waals surface area contributed by atoms with Crippen LogP contribution in [0.2, 0.25) is 0 Å². The van der Waals surface area contributed by atoms with Crippen LogP contribution in [0.5, 0.6) is 0 Å². The SMILES string of the molecule is CC/C=C\C/C=C\C/C=C\C/C=C\CCCCCCCCC(=O)OCC(COP(=O)(O)OCC(O)COP(=O)(O)OCC(COC(=O)CCCCCCC/C=C\C/C=C\C/C=C\CC)OC(=O)CCCCCCCCCCCCCCC)OC(=O)CCCCCCCCCCCCC. The Bertz CT molecular complexity index is 2190. The van der Waals surface area contributed by atoms with Gasteiger partial charge in [-0.05, 0) is 96.3 Å². The Morgan fingerprint density at radius 3 is 0.816 bits per heavy atom. The lowest BCUT2D eigenvalue weighted by Crippen LogP contribution is -2.30. The van der Waals surface area contributed by atoms with Crippen molar-refractivity contribution in [1.29, 1.82) is 0 Å². The summed E-state index contributed by atoms with van der Waals surface area (Å²) in [6.45, 7) is 4.65. The number of unbranched alkanes of at least 4 members (excludes halogenated alkanes) is 33. The number of carbonyl (C=O) groups is 4. The highest BCUT2D eigenvalue weighted by Gasteiger charge is 2.30. The number of esters is 4. The standard InChI is InChI=1S/C79H140O17P2/c1-5-9-13-17-21-25-29-32-34-35-36-37-39-42-45-48-52-56-60-64-77(82)89-69-74(95-78(83)65-61-57-53-49-43-28-24-20-16-12-8-4)71-93-97(85,86)91-67-73(80)68-92-98(87,88)94-72-75(96-79(84)66-62-58-54-50-46-40-31-27-23-19-15-11-7-3)70-90-76(81)63-59-55-51-47-44-41-38-33-30-26-22-18-14-10-6-2/h9-10,13-14,21-22,25-26,32-34,36-38,73-75,80H,5-8,11-12,15-20,23-24,27-31,35,39-72H2,1-4H3,(H,85,86)(H,87,88)/b13-9-,14-10-,25-21-,26-22-,34-32-,37-36-,38-33-. The van der Waals surface area contributed by atoms with Crippen LogP contribution in [0, 0.1) is 0 Å².